The molecule has 0 nitrogen and oxygen atoms in total. The van der Waals surface area contributed by atoms with E-state index in [0.29, 0.717) is 0 Å². The first-order valence-electron chi connectivity index (χ1n) is 4.89. The first kappa shape index (κ1) is 13.7. The number of rotatable bonds is 4. The summed E-state index contributed by atoms with van der Waals surface area (Å²) in [6, 6.07) is 0. The molecule has 82 valence electrons. The maximum Gasteiger partial charge on any atom is 0.122 e. The van der Waals surface area contributed by atoms with Crippen LogP contribution in [0.3, 0.4) is 0 Å². The topological polar surface area (TPSA) is 0 Å². The molecule has 1 heteroatoms. The maximum absolute atomic E-state index is 13.2. The summed E-state index contributed by atoms with van der Waals surface area (Å²) in [5, 5.41) is 0. The van der Waals surface area contributed by atoms with Crippen molar-refractivity contribution in [1.29, 1.82) is 0 Å². The van der Waals surface area contributed by atoms with Crippen LogP contribution in [-0.4, -0.2) is 0 Å². The molecule has 0 saturated carbocycles. The molecule has 0 aliphatic rings. The fourth-order valence-corrected chi connectivity index (χ4v) is 1.50. The van der Waals surface area contributed by atoms with Gasteiger partial charge >= 0.3 is 0 Å². The van der Waals surface area contributed by atoms with Gasteiger partial charge in [-0.3, -0.25) is 0 Å². The van der Waals surface area contributed by atoms with Crippen LogP contribution in [0.1, 0.15) is 27.7 Å². The number of hydrogen-bond donors (Lipinski definition) is 0. The Labute approximate surface area is 92.2 Å². The molecule has 0 aliphatic heterocycles. The van der Waals surface area contributed by atoms with E-state index in [1.54, 1.807) is 0 Å². The van der Waals surface area contributed by atoms with Crippen LogP contribution in [0.15, 0.2) is 54.1 Å². The van der Waals surface area contributed by atoms with Crippen LogP contribution in [-0.2, 0) is 0 Å². The molecule has 0 rings (SSSR count). The molecule has 0 fully saturated rings. The molecule has 0 bridgehead atoms. The van der Waals surface area contributed by atoms with Gasteiger partial charge in [0.15, 0.2) is 0 Å². The molecule has 0 N–H and O–H groups in total. The highest BCUT2D eigenvalue weighted by molar-refractivity contribution is 5.36. The predicted molar refractivity (Wildman–Crippen MR) is 65.3 cm³/mol. The van der Waals surface area contributed by atoms with Gasteiger partial charge in [-0.25, -0.2) is 4.39 Å². The predicted octanol–water partition coefficient (Wildman–Crippen LogP) is 4.73. The molecule has 15 heavy (non-hydrogen) atoms. The average molecular weight is 206 g/mol. The standard InChI is InChI=1S/C14H19F/c1-7-9-14(5,6)13(11(3)4)10-12(15)8-2/h8-10H,1-2H2,3-6H3/b12-10+. The van der Waals surface area contributed by atoms with Gasteiger partial charge in [-0.2, -0.15) is 0 Å². The van der Waals surface area contributed by atoms with Gasteiger partial charge < -0.3 is 0 Å². The highest BCUT2D eigenvalue weighted by atomic mass is 19.1. The van der Waals surface area contributed by atoms with Gasteiger partial charge in [0.25, 0.3) is 0 Å². The van der Waals surface area contributed by atoms with Crippen molar-refractivity contribution in [1.82, 2.24) is 0 Å². The quantitative estimate of drug-likeness (QED) is 0.461. The second kappa shape index (κ2) is 5.53. The van der Waals surface area contributed by atoms with E-state index in [1.165, 1.54) is 12.2 Å². The zero-order chi connectivity index (χ0) is 12.1. The van der Waals surface area contributed by atoms with E-state index in [-0.39, 0.29) is 11.2 Å². The molecule has 0 aliphatic carbocycles. The normalized spacial score (nSPS) is 11.7. The van der Waals surface area contributed by atoms with Crippen molar-refractivity contribution in [3.05, 3.63) is 54.1 Å². The van der Waals surface area contributed by atoms with Crippen LogP contribution in [0.4, 0.5) is 4.39 Å². The summed E-state index contributed by atoms with van der Waals surface area (Å²) in [7, 11) is 0. The number of hydrogen-bond acceptors (Lipinski definition) is 0. The van der Waals surface area contributed by atoms with Gasteiger partial charge in [0.2, 0.25) is 0 Å². The monoisotopic (exact) mass is 206 g/mol. The molecule has 0 heterocycles. The molecule has 0 aromatic carbocycles. The highest BCUT2D eigenvalue weighted by Gasteiger charge is 2.19. The third-order valence-electron chi connectivity index (χ3n) is 2.17. The molecule has 0 aromatic heterocycles. The molecule has 0 radical (unpaired) electrons. The lowest BCUT2D eigenvalue weighted by molar-refractivity contribution is 0.580. The summed E-state index contributed by atoms with van der Waals surface area (Å²) < 4.78 is 13.2. The lowest BCUT2D eigenvalue weighted by atomic mass is 9.81. The SMILES string of the molecule is C=C=CC(C)(C)C(/C=C(/F)C=C)=C(C)C. The minimum atomic E-state index is -0.322. The summed E-state index contributed by atoms with van der Waals surface area (Å²) >= 11 is 0. The highest BCUT2D eigenvalue weighted by Crippen LogP contribution is 2.32. The second-order valence-electron chi connectivity index (χ2n) is 4.22. The second-order valence-corrected chi connectivity index (χ2v) is 4.22. The van der Waals surface area contributed by atoms with E-state index in [2.05, 4.69) is 18.9 Å². The van der Waals surface area contributed by atoms with Crippen molar-refractivity contribution in [2.45, 2.75) is 27.7 Å². The minimum absolute atomic E-state index is 0.263. The Hall–Kier alpha value is -1.33. The summed E-state index contributed by atoms with van der Waals surface area (Å²) in [5.41, 5.74) is 4.48. The van der Waals surface area contributed by atoms with Crippen molar-refractivity contribution in [2.75, 3.05) is 0 Å². The summed E-state index contributed by atoms with van der Waals surface area (Å²) in [6.07, 6.45) is 4.55. The van der Waals surface area contributed by atoms with Gasteiger partial charge in [-0.15, -0.1) is 5.73 Å². The zero-order valence-electron chi connectivity index (χ0n) is 10.0. The van der Waals surface area contributed by atoms with E-state index in [9.17, 15) is 4.39 Å². The summed E-state index contributed by atoms with van der Waals surface area (Å²) in [4.78, 5) is 0. The Morgan fingerprint density at radius 1 is 1.33 bits per heavy atom. The third-order valence-corrected chi connectivity index (χ3v) is 2.17. The Kier molecular flexibility index (Phi) is 5.04. The van der Waals surface area contributed by atoms with Crippen molar-refractivity contribution in [3.8, 4) is 0 Å². The van der Waals surface area contributed by atoms with Crippen LogP contribution in [0, 0.1) is 5.41 Å². The number of allylic oxidation sites excluding steroid dienone is 6. The van der Waals surface area contributed by atoms with Crippen LogP contribution >= 0.6 is 0 Å². The molecule has 0 spiro atoms. The maximum atomic E-state index is 13.2. The van der Waals surface area contributed by atoms with Crippen molar-refractivity contribution < 1.29 is 4.39 Å². The smallest absolute Gasteiger partial charge is 0.122 e. The average Bonchev–Trinajstić information content (AvgIpc) is 2.12. The van der Waals surface area contributed by atoms with Gasteiger partial charge in [-0.1, -0.05) is 32.6 Å². The fourth-order valence-electron chi connectivity index (χ4n) is 1.50. The summed E-state index contributed by atoms with van der Waals surface area (Å²) in [6.45, 7) is 14.9. The van der Waals surface area contributed by atoms with E-state index in [4.69, 9.17) is 0 Å². The molecular formula is C14H19F. The van der Waals surface area contributed by atoms with Crippen molar-refractivity contribution >= 4 is 0 Å². The molecule has 0 saturated heterocycles. The zero-order valence-corrected chi connectivity index (χ0v) is 10.0. The van der Waals surface area contributed by atoms with Crippen LogP contribution < -0.4 is 0 Å². The Bertz CT molecular complexity index is 344. The molecular weight excluding hydrogens is 187 g/mol. The minimum Gasteiger partial charge on any atom is -0.207 e. The first-order chi connectivity index (χ1) is 6.85. The largest absolute Gasteiger partial charge is 0.207 e. The van der Waals surface area contributed by atoms with E-state index >= 15 is 0 Å². The fraction of sp³-hybridized carbons (Fsp3) is 0.357. The molecule has 0 amide bonds. The van der Waals surface area contributed by atoms with E-state index in [0.717, 1.165) is 11.1 Å². The van der Waals surface area contributed by atoms with Crippen LogP contribution in [0.25, 0.3) is 0 Å². The van der Waals surface area contributed by atoms with Crippen molar-refractivity contribution in [2.24, 2.45) is 5.41 Å². The lowest BCUT2D eigenvalue weighted by Gasteiger charge is -2.23. The summed E-state index contributed by atoms with van der Waals surface area (Å²) in [5.74, 6) is -0.322. The molecule has 0 atom stereocenters. The van der Waals surface area contributed by atoms with Crippen LogP contribution in [0.2, 0.25) is 0 Å². The van der Waals surface area contributed by atoms with Crippen molar-refractivity contribution in [3.63, 3.8) is 0 Å². The first-order valence-corrected chi connectivity index (χ1v) is 4.89. The molecule has 0 unspecified atom stereocenters. The Morgan fingerprint density at radius 3 is 2.20 bits per heavy atom. The van der Waals surface area contributed by atoms with E-state index in [1.807, 2.05) is 33.8 Å². The van der Waals surface area contributed by atoms with Crippen LogP contribution in [0.5, 0.6) is 0 Å². The van der Waals surface area contributed by atoms with Gasteiger partial charge in [0.05, 0.1) is 0 Å². The van der Waals surface area contributed by atoms with Gasteiger partial charge in [0, 0.05) is 5.41 Å². The van der Waals surface area contributed by atoms with Gasteiger partial charge in [0.1, 0.15) is 5.83 Å². The molecule has 0 aromatic rings. The Balaban J connectivity index is 5.47. The third kappa shape index (κ3) is 4.14. The van der Waals surface area contributed by atoms with E-state index < -0.39 is 0 Å². The van der Waals surface area contributed by atoms with Gasteiger partial charge in [-0.05, 0) is 37.6 Å². The number of halogens is 1. The Morgan fingerprint density at radius 2 is 1.87 bits per heavy atom. The lowest BCUT2D eigenvalue weighted by Crippen LogP contribution is -2.11.